The smallest absolute Gasteiger partial charge is 0.258 e. The van der Waals surface area contributed by atoms with Crippen molar-refractivity contribution in [2.24, 2.45) is 0 Å². The Balaban J connectivity index is 1.92. The van der Waals surface area contributed by atoms with Crippen LogP contribution >= 0.6 is 0 Å². The Morgan fingerprint density at radius 2 is 1.53 bits per heavy atom. The van der Waals surface area contributed by atoms with Gasteiger partial charge in [0.15, 0.2) is 0 Å². The van der Waals surface area contributed by atoms with Crippen LogP contribution in [0.1, 0.15) is 25.7 Å². The van der Waals surface area contributed by atoms with Crippen molar-refractivity contribution in [3.8, 4) is 0 Å². The normalized spacial score (nSPS) is 19.6. The first-order valence-corrected chi connectivity index (χ1v) is 7.72. The van der Waals surface area contributed by atoms with Crippen LogP contribution < -0.4 is 0 Å². The second kappa shape index (κ2) is 4.28. The van der Waals surface area contributed by atoms with Crippen LogP contribution in [0.4, 0.5) is 5.69 Å². The number of non-ortho nitro benzene ring substituents is 1. The molecule has 1 aromatic carbocycles. The molecule has 102 valence electrons. The summed E-state index contributed by atoms with van der Waals surface area (Å²) in [7, 11) is -3.51. The van der Waals surface area contributed by atoms with E-state index in [9.17, 15) is 18.5 Å². The maximum atomic E-state index is 12.5. The van der Waals surface area contributed by atoms with Gasteiger partial charge in [-0.25, -0.2) is 8.42 Å². The van der Waals surface area contributed by atoms with Gasteiger partial charge < -0.3 is 0 Å². The lowest BCUT2D eigenvalue weighted by Crippen LogP contribution is -2.35. The zero-order chi connectivity index (χ0) is 13.6. The van der Waals surface area contributed by atoms with Gasteiger partial charge in [0.1, 0.15) is 0 Å². The predicted molar refractivity (Wildman–Crippen MR) is 68.2 cm³/mol. The molecule has 7 heteroatoms. The van der Waals surface area contributed by atoms with Crippen molar-refractivity contribution in [3.05, 3.63) is 34.4 Å². The minimum Gasteiger partial charge on any atom is -0.258 e. The summed E-state index contributed by atoms with van der Waals surface area (Å²) in [5.74, 6) is 0. The summed E-state index contributed by atoms with van der Waals surface area (Å²) in [4.78, 5) is 10.2. The lowest BCUT2D eigenvalue weighted by molar-refractivity contribution is -0.384. The van der Waals surface area contributed by atoms with Crippen LogP contribution in [0, 0.1) is 10.1 Å². The predicted octanol–water partition coefficient (Wildman–Crippen LogP) is 1.91. The van der Waals surface area contributed by atoms with Crippen molar-refractivity contribution in [1.29, 1.82) is 0 Å². The Kier molecular flexibility index (Phi) is 2.83. The fourth-order valence-corrected chi connectivity index (χ4v) is 4.14. The molecule has 0 bridgehead atoms. The average molecular weight is 282 g/mol. The fourth-order valence-electron chi connectivity index (χ4n) is 2.21. The topological polar surface area (TPSA) is 80.5 Å². The highest BCUT2D eigenvalue weighted by Crippen LogP contribution is 2.41. The molecule has 1 aromatic rings. The van der Waals surface area contributed by atoms with Gasteiger partial charge in [0, 0.05) is 24.2 Å². The van der Waals surface area contributed by atoms with Crippen LogP contribution in [0.2, 0.25) is 0 Å². The number of sulfonamides is 1. The summed E-state index contributed by atoms with van der Waals surface area (Å²) >= 11 is 0. The number of hydrogen-bond donors (Lipinski definition) is 0. The van der Waals surface area contributed by atoms with Gasteiger partial charge in [-0.1, -0.05) is 0 Å². The van der Waals surface area contributed by atoms with Crippen molar-refractivity contribution < 1.29 is 13.3 Å². The Morgan fingerprint density at radius 3 is 1.89 bits per heavy atom. The molecule has 0 aliphatic heterocycles. The lowest BCUT2D eigenvalue weighted by atomic mass is 10.3. The van der Waals surface area contributed by atoms with Crippen molar-refractivity contribution in [2.45, 2.75) is 42.7 Å². The van der Waals surface area contributed by atoms with Crippen LogP contribution in [0.3, 0.4) is 0 Å². The third-order valence-corrected chi connectivity index (χ3v) is 5.46. The van der Waals surface area contributed by atoms with E-state index in [1.54, 1.807) is 4.31 Å². The largest absolute Gasteiger partial charge is 0.269 e. The summed E-state index contributed by atoms with van der Waals surface area (Å²) in [5.41, 5.74) is -0.0941. The Labute approximate surface area is 111 Å². The molecular formula is C12H14N2O4S. The van der Waals surface area contributed by atoms with Gasteiger partial charge in [0.2, 0.25) is 10.0 Å². The maximum Gasteiger partial charge on any atom is 0.269 e. The van der Waals surface area contributed by atoms with Crippen LogP contribution in [-0.4, -0.2) is 29.7 Å². The monoisotopic (exact) mass is 282 g/mol. The molecule has 0 N–H and O–H groups in total. The Bertz CT molecular complexity index is 591. The fraction of sp³-hybridized carbons (Fsp3) is 0.500. The Morgan fingerprint density at radius 1 is 1.05 bits per heavy atom. The van der Waals surface area contributed by atoms with Gasteiger partial charge in [-0.15, -0.1) is 0 Å². The molecule has 2 aliphatic carbocycles. The SMILES string of the molecule is O=[N+]([O-])c1ccc(S(=O)(=O)N(C2CC2)C2CC2)cc1. The highest BCUT2D eigenvalue weighted by Gasteiger charge is 2.46. The van der Waals surface area contributed by atoms with Crippen LogP contribution in [-0.2, 0) is 10.0 Å². The molecule has 0 heterocycles. The summed E-state index contributed by atoms with van der Waals surface area (Å²) in [6, 6.07) is 5.40. The summed E-state index contributed by atoms with van der Waals surface area (Å²) in [6.45, 7) is 0. The van der Waals surface area contributed by atoms with Crippen LogP contribution in [0.15, 0.2) is 29.2 Å². The van der Waals surface area contributed by atoms with Gasteiger partial charge in [-0.05, 0) is 37.8 Å². The van der Waals surface area contributed by atoms with E-state index >= 15 is 0 Å². The minimum absolute atomic E-state index is 0.0941. The molecule has 0 atom stereocenters. The molecule has 0 spiro atoms. The first-order chi connectivity index (χ1) is 9.00. The van der Waals surface area contributed by atoms with E-state index in [4.69, 9.17) is 0 Å². The van der Waals surface area contributed by atoms with Gasteiger partial charge >= 0.3 is 0 Å². The zero-order valence-electron chi connectivity index (χ0n) is 10.2. The third kappa shape index (κ3) is 2.35. The van der Waals surface area contributed by atoms with Crippen LogP contribution in [0.25, 0.3) is 0 Å². The lowest BCUT2D eigenvalue weighted by Gasteiger charge is -2.21. The van der Waals surface area contributed by atoms with E-state index in [0.717, 1.165) is 25.7 Å². The number of benzene rings is 1. The van der Waals surface area contributed by atoms with E-state index < -0.39 is 14.9 Å². The van der Waals surface area contributed by atoms with Gasteiger partial charge in [0.25, 0.3) is 5.69 Å². The molecule has 0 aromatic heterocycles. The molecule has 0 radical (unpaired) electrons. The molecule has 2 aliphatic rings. The standard InChI is InChI=1S/C12H14N2O4S/c15-14(16)11-5-7-12(8-6-11)19(17,18)13(9-1-2-9)10-3-4-10/h5-10H,1-4H2. The van der Waals surface area contributed by atoms with Gasteiger partial charge in [-0.3, -0.25) is 10.1 Å². The van der Waals surface area contributed by atoms with Crippen molar-refractivity contribution in [2.75, 3.05) is 0 Å². The number of nitro benzene ring substituents is 1. The zero-order valence-corrected chi connectivity index (χ0v) is 11.0. The number of rotatable bonds is 5. The van der Waals surface area contributed by atoms with E-state index in [1.807, 2.05) is 0 Å². The molecule has 3 rings (SSSR count). The molecule has 2 saturated carbocycles. The number of nitro groups is 1. The molecular weight excluding hydrogens is 268 g/mol. The second-order valence-corrected chi connectivity index (χ2v) is 6.89. The number of hydrogen-bond acceptors (Lipinski definition) is 4. The molecule has 2 fully saturated rings. The first-order valence-electron chi connectivity index (χ1n) is 6.28. The average Bonchev–Trinajstić information content (AvgIpc) is 3.23. The highest BCUT2D eigenvalue weighted by molar-refractivity contribution is 7.89. The molecule has 0 unspecified atom stereocenters. The van der Waals surface area contributed by atoms with Crippen molar-refractivity contribution >= 4 is 15.7 Å². The molecule has 0 amide bonds. The van der Waals surface area contributed by atoms with Crippen LogP contribution in [0.5, 0.6) is 0 Å². The third-order valence-electron chi connectivity index (χ3n) is 3.44. The molecule has 6 nitrogen and oxygen atoms in total. The van der Waals surface area contributed by atoms with E-state index in [-0.39, 0.29) is 22.7 Å². The Hall–Kier alpha value is -1.47. The summed E-state index contributed by atoms with van der Waals surface area (Å²) < 4.78 is 26.7. The molecule has 19 heavy (non-hydrogen) atoms. The second-order valence-electron chi connectivity index (χ2n) is 5.05. The van der Waals surface area contributed by atoms with Gasteiger partial charge in [-0.2, -0.15) is 4.31 Å². The molecule has 0 saturated heterocycles. The maximum absolute atomic E-state index is 12.5. The van der Waals surface area contributed by atoms with Crippen molar-refractivity contribution in [3.63, 3.8) is 0 Å². The highest BCUT2D eigenvalue weighted by atomic mass is 32.2. The summed E-state index contributed by atoms with van der Waals surface area (Å²) in [6.07, 6.45) is 3.68. The van der Waals surface area contributed by atoms with E-state index in [2.05, 4.69) is 0 Å². The van der Waals surface area contributed by atoms with E-state index in [1.165, 1.54) is 24.3 Å². The minimum atomic E-state index is -3.51. The van der Waals surface area contributed by atoms with Gasteiger partial charge in [0.05, 0.1) is 9.82 Å². The number of nitrogens with zero attached hydrogens (tertiary/aromatic N) is 2. The first kappa shape index (κ1) is 12.6. The quantitative estimate of drug-likeness (QED) is 0.610. The van der Waals surface area contributed by atoms with Crippen molar-refractivity contribution in [1.82, 2.24) is 4.31 Å². The van der Waals surface area contributed by atoms with E-state index in [0.29, 0.717) is 0 Å². The summed E-state index contributed by atoms with van der Waals surface area (Å²) in [5, 5.41) is 10.6.